The molecule has 0 saturated heterocycles. The Morgan fingerprint density at radius 1 is 1.10 bits per heavy atom. The lowest BCUT2D eigenvalue weighted by molar-refractivity contribution is 0.0535. The normalized spacial score (nSPS) is 12.7. The largest absolute Gasteiger partial charge is 0.457 e. The lowest BCUT2D eigenvalue weighted by Gasteiger charge is -2.10. The lowest BCUT2D eigenvalue weighted by atomic mass is 9.97. The number of fused-ring (bicyclic) bond motifs is 1. The zero-order valence-electron chi connectivity index (χ0n) is 16.4. The Hall–Kier alpha value is -3.32. The molecule has 0 spiro atoms. The van der Waals surface area contributed by atoms with Gasteiger partial charge in [0.05, 0.1) is 11.3 Å². The minimum Gasteiger partial charge on any atom is -0.457 e. The quantitative estimate of drug-likeness (QED) is 0.513. The fourth-order valence-electron chi connectivity index (χ4n) is 3.44. The van der Waals surface area contributed by atoms with Crippen LogP contribution in [0.1, 0.15) is 32.6 Å². The summed E-state index contributed by atoms with van der Waals surface area (Å²) in [4.78, 5) is 27.5. The first-order valence-electron chi connectivity index (χ1n) is 9.52. The minimum atomic E-state index is -0.225. The summed E-state index contributed by atoms with van der Waals surface area (Å²) in [7, 11) is 1.62. The third-order valence-corrected chi connectivity index (χ3v) is 5.23. The molecule has 7 heteroatoms. The van der Waals surface area contributed by atoms with Gasteiger partial charge in [-0.05, 0) is 54.8 Å². The number of ether oxygens (including phenoxy) is 1. The molecule has 0 radical (unpaired) electrons. The Balaban J connectivity index is 1.33. The van der Waals surface area contributed by atoms with Crippen LogP contribution in [0.2, 0.25) is 0 Å². The van der Waals surface area contributed by atoms with E-state index < -0.39 is 0 Å². The van der Waals surface area contributed by atoms with Crippen LogP contribution < -0.4 is 10.9 Å². The molecule has 0 fully saturated rings. The number of esters is 1. The highest BCUT2D eigenvalue weighted by molar-refractivity contribution is 5.93. The molecule has 0 saturated carbocycles. The Labute approximate surface area is 168 Å². The number of aryl methyl sites for hydroxylation is 1. The second-order valence-electron chi connectivity index (χ2n) is 7.11. The highest BCUT2D eigenvalue weighted by atomic mass is 16.5. The van der Waals surface area contributed by atoms with Gasteiger partial charge in [-0.25, -0.2) is 9.48 Å². The monoisotopic (exact) mass is 390 g/mol. The first-order chi connectivity index (χ1) is 14.0. The molecule has 1 N–H and O–H groups in total. The second-order valence-corrected chi connectivity index (χ2v) is 7.11. The van der Waals surface area contributed by atoms with Crippen molar-refractivity contribution in [2.24, 2.45) is 7.05 Å². The molecule has 3 heterocycles. The Morgan fingerprint density at radius 3 is 2.69 bits per heavy atom. The van der Waals surface area contributed by atoms with Crippen molar-refractivity contribution in [1.29, 1.82) is 0 Å². The Bertz CT molecular complexity index is 1120. The summed E-state index contributed by atoms with van der Waals surface area (Å²) < 4.78 is 6.41. The van der Waals surface area contributed by atoms with Gasteiger partial charge < -0.3 is 10.1 Å². The average molecular weight is 390 g/mol. The zero-order chi connectivity index (χ0) is 20.4. The standard InChI is InChI=1S/C22H22N4O3/c1-14-16(4-5-17-18(14)13-29-22(17)28)9-10-23-11-15-3-6-19(24-12-15)20-7-8-21(27)26(2)25-20/h3-8,12,23H,9-11,13H2,1-2H3. The molecule has 1 aromatic carbocycles. The highest BCUT2D eigenvalue weighted by Gasteiger charge is 2.23. The first-order valence-corrected chi connectivity index (χ1v) is 9.52. The van der Waals surface area contributed by atoms with Gasteiger partial charge in [0, 0.05) is 31.4 Å². The summed E-state index contributed by atoms with van der Waals surface area (Å²) in [5, 5.41) is 7.65. The van der Waals surface area contributed by atoms with E-state index in [-0.39, 0.29) is 11.5 Å². The molecule has 1 aliphatic rings. The second kappa shape index (κ2) is 7.97. The molecule has 0 atom stereocenters. The van der Waals surface area contributed by atoms with Crippen LogP contribution >= 0.6 is 0 Å². The molecule has 148 valence electrons. The molecule has 0 bridgehead atoms. The Kier molecular flexibility index (Phi) is 5.22. The third-order valence-electron chi connectivity index (χ3n) is 5.23. The molecule has 1 aliphatic heterocycles. The van der Waals surface area contributed by atoms with Crippen LogP contribution in [0.3, 0.4) is 0 Å². The molecular weight excluding hydrogens is 368 g/mol. The number of benzene rings is 1. The zero-order valence-corrected chi connectivity index (χ0v) is 16.4. The molecule has 0 unspecified atom stereocenters. The maximum Gasteiger partial charge on any atom is 0.338 e. The molecule has 4 rings (SSSR count). The lowest BCUT2D eigenvalue weighted by Crippen LogP contribution is -2.18. The number of cyclic esters (lactones) is 1. The summed E-state index contributed by atoms with van der Waals surface area (Å²) in [6.45, 7) is 3.95. The van der Waals surface area contributed by atoms with E-state index in [4.69, 9.17) is 4.74 Å². The predicted octanol–water partition coefficient (Wildman–Crippen LogP) is 2.15. The van der Waals surface area contributed by atoms with Crippen LogP contribution in [0.15, 0.2) is 47.4 Å². The van der Waals surface area contributed by atoms with Crippen molar-refractivity contribution >= 4 is 5.97 Å². The van der Waals surface area contributed by atoms with Gasteiger partial charge in [0.2, 0.25) is 0 Å². The summed E-state index contributed by atoms with van der Waals surface area (Å²) in [5.74, 6) is -0.225. The van der Waals surface area contributed by atoms with E-state index in [1.807, 2.05) is 37.4 Å². The average Bonchev–Trinajstić information content (AvgIpc) is 3.11. The molecule has 7 nitrogen and oxygen atoms in total. The van der Waals surface area contributed by atoms with Crippen LogP contribution in [-0.4, -0.2) is 27.3 Å². The maximum atomic E-state index is 11.6. The van der Waals surface area contributed by atoms with Crippen molar-refractivity contribution in [3.05, 3.63) is 80.8 Å². The van der Waals surface area contributed by atoms with Crippen molar-refractivity contribution < 1.29 is 9.53 Å². The summed E-state index contributed by atoms with van der Waals surface area (Å²) in [5.41, 5.74) is 6.40. The first kappa shape index (κ1) is 19.0. The molecule has 0 amide bonds. The van der Waals surface area contributed by atoms with Crippen molar-refractivity contribution in [2.45, 2.75) is 26.5 Å². The predicted molar refractivity (Wildman–Crippen MR) is 108 cm³/mol. The van der Waals surface area contributed by atoms with Crippen LogP contribution in [-0.2, 0) is 31.4 Å². The van der Waals surface area contributed by atoms with E-state index >= 15 is 0 Å². The number of rotatable bonds is 6. The number of pyridine rings is 1. The SMILES string of the molecule is Cc1c(CCNCc2ccc(-c3ccc(=O)n(C)n3)nc2)ccc2c1COC2=O. The van der Waals surface area contributed by atoms with E-state index in [2.05, 4.69) is 15.4 Å². The van der Waals surface area contributed by atoms with Gasteiger partial charge in [0.15, 0.2) is 0 Å². The number of carbonyl (C=O) groups excluding carboxylic acids is 1. The highest BCUT2D eigenvalue weighted by Crippen LogP contribution is 2.26. The van der Waals surface area contributed by atoms with Gasteiger partial charge >= 0.3 is 5.97 Å². The number of aromatic nitrogens is 3. The fourth-order valence-corrected chi connectivity index (χ4v) is 3.44. The van der Waals surface area contributed by atoms with Crippen LogP contribution in [0.25, 0.3) is 11.4 Å². The molecule has 3 aromatic rings. The van der Waals surface area contributed by atoms with Crippen molar-refractivity contribution in [1.82, 2.24) is 20.1 Å². The van der Waals surface area contributed by atoms with Gasteiger partial charge in [0.25, 0.3) is 5.56 Å². The smallest absolute Gasteiger partial charge is 0.338 e. The number of carbonyl (C=O) groups is 1. The number of nitrogens with zero attached hydrogens (tertiary/aromatic N) is 3. The van der Waals surface area contributed by atoms with Gasteiger partial charge in [-0.15, -0.1) is 0 Å². The van der Waals surface area contributed by atoms with E-state index in [0.717, 1.165) is 35.3 Å². The minimum absolute atomic E-state index is 0.146. The summed E-state index contributed by atoms with van der Waals surface area (Å²) >= 11 is 0. The number of hydrogen-bond acceptors (Lipinski definition) is 6. The van der Waals surface area contributed by atoms with Gasteiger partial charge in [-0.2, -0.15) is 5.10 Å². The van der Waals surface area contributed by atoms with Gasteiger partial charge in [0.1, 0.15) is 12.3 Å². The van der Waals surface area contributed by atoms with E-state index in [9.17, 15) is 9.59 Å². The molecule has 29 heavy (non-hydrogen) atoms. The van der Waals surface area contributed by atoms with E-state index in [1.165, 1.54) is 16.3 Å². The van der Waals surface area contributed by atoms with Crippen LogP contribution in [0.4, 0.5) is 0 Å². The number of nitrogens with one attached hydrogen (secondary N) is 1. The molecule has 2 aromatic heterocycles. The summed E-state index contributed by atoms with van der Waals surface area (Å²) in [6, 6.07) is 11.0. The van der Waals surface area contributed by atoms with Crippen molar-refractivity contribution in [2.75, 3.05) is 6.54 Å². The van der Waals surface area contributed by atoms with Gasteiger partial charge in [-0.3, -0.25) is 9.78 Å². The Morgan fingerprint density at radius 2 is 1.93 bits per heavy atom. The molecular formula is C22H22N4O3. The van der Waals surface area contributed by atoms with E-state index in [0.29, 0.717) is 24.4 Å². The van der Waals surface area contributed by atoms with Crippen LogP contribution in [0, 0.1) is 6.92 Å². The van der Waals surface area contributed by atoms with E-state index in [1.54, 1.807) is 13.1 Å². The summed E-state index contributed by atoms with van der Waals surface area (Å²) in [6.07, 6.45) is 2.69. The van der Waals surface area contributed by atoms with Crippen LogP contribution in [0.5, 0.6) is 0 Å². The third kappa shape index (κ3) is 3.95. The van der Waals surface area contributed by atoms with Crippen molar-refractivity contribution in [3.8, 4) is 11.4 Å². The number of hydrogen-bond donors (Lipinski definition) is 1. The molecule has 0 aliphatic carbocycles. The topological polar surface area (TPSA) is 86.1 Å². The van der Waals surface area contributed by atoms with Gasteiger partial charge in [-0.1, -0.05) is 12.1 Å². The fraction of sp³-hybridized carbons (Fsp3) is 0.273. The van der Waals surface area contributed by atoms with Crippen molar-refractivity contribution in [3.63, 3.8) is 0 Å². The maximum absolute atomic E-state index is 11.6.